The Kier molecular flexibility index (Phi) is 5.87. The topological polar surface area (TPSA) is 64.4 Å². The van der Waals surface area contributed by atoms with E-state index in [2.05, 4.69) is 10.1 Å². The van der Waals surface area contributed by atoms with Crippen LogP contribution in [0.25, 0.3) is 0 Å². The van der Waals surface area contributed by atoms with Crippen molar-refractivity contribution in [3.05, 3.63) is 24.3 Å². The van der Waals surface area contributed by atoms with E-state index in [0.717, 1.165) is 25.7 Å². The molecule has 2 rings (SSSR count). The van der Waals surface area contributed by atoms with Crippen molar-refractivity contribution in [2.75, 3.05) is 11.9 Å². The summed E-state index contributed by atoms with van der Waals surface area (Å²) in [5, 5.41) is 2.74. The second-order valence-electron chi connectivity index (χ2n) is 5.89. The summed E-state index contributed by atoms with van der Waals surface area (Å²) in [6, 6.07) is 5.89. The molecule has 0 aromatic heterocycles. The Hall–Kier alpha value is -1.76. The molecular weight excluding hydrogens is 309 g/mol. The standard InChI is InChI=1S/C16H21F3N2O2/c17-16(18,19)10-23-13-7-5-12(6-8-13)21-15(22)9-11-3-1-2-4-14(11)20/h5-8,11,14H,1-4,9-10,20H2,(H,21,22). The van der Waals surface area contributed by atoms with Crippen molar-refractivity contribution >= 4 is 11.6 Å². The summed E-state index contributed by atoms with van der Waals surface area (Å²) in [7, 11) is 0. The molecule has 1 amide bonds. The fourth-order valence-corrected chi connectivity index (χ4v) is 2.74. The van der Waals surface area contributed by atoms with Gasteiger partial charge in [-0.25, -0.2) is 0 Å². The second kappa shape index (κ2) is 7.68. The lowest BCUT2D eigenvalue weighted by Gasteiger charge is -2.27. The summed E-state index contributed by atoms with van der Waals surface area (Å²) < 4.78 is 40.8. The predicted octanol–water partition coefficient (Wildman–Crippen LogP) is 3.47. The van der Waals surface area contributed by atoms with Crippen LogP contribution in [-0.2, 0) is 4.79 Å². The molecule has 7 heteroatoms. The van der Waals surface area contributed by atoms with Gasteiger partial charge in [-0.05, 0) is 43.0 Å². The average Bonchev–Trinajstić information content (AvgIpc) is 2.48. The quantitative estimate of drug-likeness (QED) is 0.869. The molecule has 2 unspecified atom stereocenters. The van der Waals surface area contributed by atoms with Gasteiger partial charge < -0.3 is 15.8 Å². The maximum atomic E-state index is 12.1. The van der Waals surface area contributed by atoms with Crippen molar-refractivity contribution in [3.63, 3.8) is 0 Å². The third kappa shape index (κ3) is 6.09. The van der Waals surface area contributed by atoms with Crippen LogP contribution in [0.4, 0.5) is 18.9 Å². The Balaban J connectivity index is 1.81. The van der Waals surface area contributed by atoms with E-state index in [9.17, 15) is 18.0 Å². The van der Waals surface area contributed by atoms with E-state index >= 15 is 0 Å². The van der Waals surface area contributed by atoms with Gasteiger partial charge in [0.25, 0.3) is 0 Å². The number of amides is 1. The zero-order valence-electron chi connectivity index (χ0n) is 12.7. The van der Waals surface area contributed by atoms with E-state index in [-0.39, 0.29) is 23.6 Å². The molecule has 2 atom stereocenters. The number of halogens is 3. The van der Waals surface area contributed by atoms with E-state index in [1.165, 1.54) is 24.3 Å². The SMILES string of the molecule is NC1CCCCC1CC(=O)Nc1ccc(OCC(F)(F)F)cc1. The minimum absolute atomic E-state index is 0.0626. The molecule has 1 aliphatic carbocycles. The number of carbonyl (C=O) groups excluding carboxylic acids is 1. The van der Waals surface area contributed by atoms with Gasteiger partial charge in [0.2, 0.25) is 5.91 Å². The molecule has 0 spiro atoms. The van der Waals surface area contributed by atoms with Crippen LogP contribution in [-0.4, -0.2) is 24.7 Å². The average molecular weight is 330 g/mol. The number of rotatable bonds is 5. The van der Waals surface area contributed by atoms with Gasteiger partial charge in [-0.2, -0.15) is 13.2 Å². The maximum Gasteiger partial charge on any atom is 0.422 e. The van der Waals surface area contributed by atoms with Crippen LogP contribution < -0.4 is 15.8 Å². The molecule has 0 bridgehead atoms. The fraction of sp³-hybridized carbons (Fsp3) is 0.562. The van der Waals surface area contributed by atoms with Crippen LogP contribution >= 0.6 is 0 Å². The van der Waals surface area contributed by atoms with E-state index in [4.69, 9.17) is 5.73 Å². The Labute approximate surface area is 133 Å². The van der Waals surface area contributed by atoms with Gasteiger partial charge in [0.15, 0.2) is 6.61 Å². The molecular formula is C16H21F3N2O2. The maximum absolute atomic E-state index is 12.1. The molecule has 128 valence electrons. The minimum Gasteiger partial charge on any atom is -0.484 e. The lowest BCUT2D eigenvalue weighted by molar-refractivity contribution is -0.153. The molecule has 4 nitrogen and oxygen atoms in total. The third-order valence-corrected chi connectivity index (χ3v) is 3.96. The summed E-state index contributed by atoms with van der Waals surface area (Å²) in [6.45, 7) is -1.34. The lowest BCUT2D eigenvalue weighted by Crippen LogP contribution is -2.35. The monoisotopic (exact) mass is 330 g/mol. The highest BCUT2D eigenvalue weighted by Gasteiger charge is 2.28. The normalized spacial score (nSPS) is 21.7. The minimum atomic E-state index is -4.37. The summed E-state index contributed by atoms with van der Waals surface area (Å²) >= 11 is 0. The third-order valence-electron chi connectivity index (χ3n) is 3.96. The van der Waals surface area contributed by atoms with Crippen LogP contribution in [0.3, 0.4) is 0 Å². The van der Waals surface area contributed by atoms with E-state index < -0.39 is 12.8 Å². The van der Waals surface area contributed by atoms with E-state index in [1.54, 1.807) is 0 Å². The smallest absolute Gasteiger partial charge is 0.422 e. The molecule has 1 aromatic carbocycles. The zero-order valence-corrected chi connectivity index (χ0v) is 12.7. The number of anilines is 1. The number of alkyl halides is 3. The van der Waals surface area contributed by atoms with Gasteiger partial charge >= 0.3 is 6.18 Å². The molecule has 3 N–H and O–H groups in total. The van der Waals surface area contributed by atoms with Gasteiger partial charge in [0.05, 0.1) is 0 Å². The first-order valence-electron chi connectivity index (χ1n) is 7.68. The number of nitrogens with two attached hydrogens (primary N) is 1. The van der Waals surface area contributed by atoms with Crippen LogP contribution in [0, 0.1) is 5.92 Å². The molecule has 0 heterocycles. The summed E-state index contributed by atoms with van der Waals surface area (Å²) in [6.07, 6.45) is 0.108. The molecule has 0 saturated heterocycles. The van der Waals surface area contributed by atoms with Crippen molar-refractivity contribution in [2.24, 2.45) is 11.7 Å². The van der Waals surface area contributed by atoms with Crippen LogP contribution in [0.1, 0.15) is 32.1 Å². The highest BCUT2D eigenvalue weighted by atomic mass is 19.4. The van der Waals surface area contributed by atoms with Crippen molar-refractivity contribution < 1.29 is 22.7 Å². The van der Waals surface area contributed by atoms with Gasteiger partial charge in [-0.1, -0.05) is 12.8 Å². The predicted molar refractivity (Wildman–Crippen MR) is 81.2 cm³/mol. The summed E-state index contributed by atoms with van der Waals surface area (Å²) in [4.78, 5) is 12.0. The molecule has 1 aliphatic rings. The van der Waals surface area contributed by atoms with Crippen LogP contribution in [0.2, 0.25) is 0 Å². The van der Waals surface area contributed by atoms with Crippen LogP contribution in [0.15, 0.2) is 24.3 Å². The van der Waals surface area contributed by atoms with Crippen molar-refractivity contribution in [1.82, 2.24) is 0 Å². The summed E-state index contributed by atoms with van der Waals surface area (Å²) in [5.74, 6) is 0.170. The molecule has 0 radical (unpaired) electrons. The number of hydrogen-bond donors (Lipinski definition) is 2. The van der Waals surface area contributed by atoms with Gasteiger partial charge in [0, 0.05) is 18.2 Å². The fourth-order valence-electron chi connectivity index (χ4n) is 2.74. The number of ether oxygens (including phenoxy) is 1. The Morgan fingerprint density at radius 2 is 1.87 bits per heavy atom. The Bertz CT molecular complexity index is 517. The van der Waals surface area contributed by atoms with Gasteiger partial charge in [0.1, 0.15) is 5.75 Å². The molecule has 23 heavy (non-hydrogen) atoms. The van der Waals surface area contributed by atoms with E-state index in [0.29, 0.717) is 12.1 Å². The van der Waals surface area contributed by atoms with Gasteiger partial charge in [-0.3, -0.25) is 4.79 Å². The van der Waals surface area contributed by atoms with Crippen molar-refractivity contribution in [1.29, 1.82) is 0 Å². The largest absolute Gasteiger partial charge is 0.484 e. The molecule has 1 saturated carbocycles. The molecule has 1 aromatic rings. The molecule has 1 fully saturated rings. The Morgan fingerprint density at radius 3 is 2.48 bits per heavy atom. The number of hydrogen-bond acceptors (Lipinski definition) is 3. The number of nitrogens with one attached hydrogen (secondary N) is 1. The second-order valence-corrected chi connectivity index (χ2v) is 5.89. The first-order valence-corrected chi connectivity index (χ1v) is 7.68. The van der Waals surface area contributed by atoms with Crippen molar-refractivity contribution in [3.8, 4) is 5.75 Å². The molecule has 0 aliphatic heterocycles. The van der Waals surface area contributed by atoms with Crippen LogP contribution in [0.5, 0.6) is 5.75 Å². The van der Waals surface area contributed by atoms with Gasteiger partial charge in [-0.15, -0.1) is 0 Å². The number of carbonyl (C=O) groups is 1. The first kappa shape index (κ1) is 17.6. The Morgan fingerprint density at radius 1 is 1.22 bits per heavy atom. The van der Waals surface area contributed by atoms with E-state index in [1.807, 2.05) is 0 Å². The number of benzene rings is 1. The van der Waals surface area contributed by atoms with Crippen molar-refractivity contribution in [2.45, 2.75) is 44.3 Å². The highest BCUT2D eigenvalue weighted by Crippen LogP contribution is 2.26. The zero-order chi connectivity index (χ0) is 16.9. The highest BCUT2D eigenvalue weighted by molar-refractivity contribution is 5.90. The first-order chi connectivity index (χ1) is 10.8. The lowest BCUT2D eigenvalue weighted by atomic mass is 9.83. The summed E-state index contributed by atoms with van der Waals surface area (Å²) in [5.41, 5.74) is 6.55.